The number of fused-ring (bicyclic) bond motifs is 2. The van der Waals surface area contributed by atoms with E-state index in [2.05, 4.69) is 60.7 Å². The standard InChI is InChI=1S/C20H18/c1-3-17-11-9-15(13-19(17)5-1)7-8-16-10-12-18-4-2-6-20(18)14-16/h1-4,9-14H,5-8H2. The number of rotatable bonds is 3. The Balaban J connectivity index is 1.48. The van der Waals surface area contributed by atoms with Crippen LogP contribution in [-0.2, 0) is 25.7 Å². The van der Waals surface area contributed by atoms with Crippen molar-refractivity contribution < 1.29 is 0 Å². The van der Waals surface area contributed by atoms with Crippen molar-refractivity contribution in [2.45, 2.75) is 25.7 Å². The molecule has 2 aromatic rings. The van der Waals surface area contributed by atoms with Gasteiger partial charge in [0.25, 0.3) is 0 Å². The van der Waals surface area contributed by atoms with E-state index in [0.717, 1.165) is 25.7 Å². The fourth-order valence-electron chi connectivity index (χ4n) is 3.22. The average Bonchev–Trinajstić information content (AvgIpc) is 3.12. The van der Waals surface area contributed by atoms with Gasteiger partial charge in [-0.3, -0.25) is 0 Å². The minimum absolute atomic E-state index is 1.10. The van der Waals surface area contributed by atoms with Crippen LogP contribution in [0.25, 0.3) is 12.2 Å². The summed E-state index contributed by atoms with van der Waals surface area (Å²) >= 11 is 0. The van der Waals surface area contributed by atoms with Gasteiger partial charge in [-0.05, 0) is 59.1 Å². The van der Waals surface area contributed by atoms with Gasteiger partial charge in [0.2, 0.25) is 0 Å². The fourth-order valence-corrected chi connectivity index (χ4v) is 3.22. The van der Waals surface area contributed by atoms with Crippen LogP contribution in [0.1, 0.15) is 33.4 Å². The minimum atomic E-state index is 1.10. The van der Waals surface area contributed by atoms with Crippen LogP contribution >= 0.6 is 0 Å². The number of benzene rings is 2. The second kappa shape index (κ2) is 4.79. The van der Waals surface area contributed by atoms with Crippen LogP contribution in [0.2, 0.25) is 0 Å². The van der Waals surface area contributed by atoms with Crippen LogP contribution in [0, 0.1) is 0 Å². The second-order valence-electron chi connectivity index (χ2n) is 5.78. The molecule has 2 aliphatic carbocycles. The molecule has 0 atom stereocenters. The monoisotopic (exact) mass is 258 g/mol. The molecule has 0 heterocycles. The fraction of sp³-hybridized carbons (Fsp3) is 0.200. The van der Waals surface area contributed by atoms with E-state index in [1.54, 1.807) is 0 Å². The summed E-state index contributed by atoms with van der Waals surface area (Å²) in [7, 11) is 0. The zero-order valence-electron chi connectivity index (χ0n) is 11.6. The maximum absolute atomic E-state index is 2.38. The third-order valence-electron chi connectivity index (χ3n) is 4.39. The van der Waals surface area contributed by atoms with Crippen molar-refractivity contribution in [1.82, 2.24) is 0 Å². The van der Waals surface area contributed by atoms with E-state index in [0.29, 0.717) is 0 Å². The van der Waals surface area contributed by atoms with Crippen molar-refractivity contribution in [3.63, 3.8) is 0 Å². The zero-order valence-corrected chi connectivity index (χ0v) is 11.6. The van der Waals surface area contributed by atoms with Crippen LogP contribution in [0.15, 0.2) is 48.6 Å². The molecule has 0 N–H and O–H groups in total. The molecule has 4 rings (SSSR count). The Labute approximate surface area is 120 Å². The largest absolute Gasteiger partial charge is 0.0795 e. The minimum Gasteiger partial charge on any atom is -0.0795 e. The molecule has 0 amide bonds. The molecule has 0 spiro atoms. The average molecular weight is 258 g/mol. The van der Waals surface area contributed by atoms with Crippen LogP contribution in [-0.4, -0.2) is 0 Å². The molecule has 0 unspecified atom stereocenters. The summed E-state index contributed by atoms with van der Waals surface area (Å²) in [5.74, 6) is 0. The summed E-state index contributed by atoms with van der Waals surface area (Å²) in [5.41, 5.74) is 8.70. The van der Waals surface area contributed by atoms with E-state index < -0.39 is 0 Å². The summed E-state index contributed by atoms with van der Waals surface area (Å²) < 4.78 is 0. The van der Waals surface area contributed by atoms with Crippen molar-refractivity contribution >= 4 is 12.2 Å². The number of allylic oxidation sites excluding steroid dienone is 2. The molecule has 2 aliphatic rings. The molecule has 0 saturated heterocycles. The third kappa shape index (κ3) is 2.12. The van der Waals surface area contributed by atoms with Crippen LogP contribution in [0.3, 0.4) is 0 Å². The van der Waals surface area contributed by atoms with Crippen molar-refractivity contribution in [3.8, 4) is 0 Å². The summed E-state index contributed by atoms with van der Waals surface area (Å²) in [6, 6.07) is 13.9. The van der Waals surface area contributed by atoms with Crippen molar-refractivity contribution in [2.24, 2.45) is 0 Å². The van der Waals surface area contributed by atoms with Crippen molar-refractivity contribution in [3.05, 3.63) is 81.9 Å². The highest BCUT2D eigenvalue weighted by Crippen LogP contribution is 2.23. The highest BCUT2D eigenvalue weighted by Gasteiger charge is 2.07. The first-order valence-corrected chi connectivity index (χ1v) is 7.45. The van der Waals surface area contributed by atoms with Gasteiger partial charge in [-0.15, -0.1) is 0 Å². The zero-order chi connectivity index (χ0) is 13.4. The maximum atomic E-state index is 2.38. The third-order valence-corrected chi connectivity index (χ3v) is 4.39. The first-order valence-electron chi connectivity index (χ1n) is 7.45. The highest BCUT2D eigenvalue weighted by atomic mass is 14.1. The molecular formula is C20H18. The van der Waals surface area contributed by atoms with E-state index in [-0.39, 0.29) is 0 Å². The maximum Gasteiger partial charge on any atom is -0.00881 e. The molecule has 0 radical (unpaired) electrons. The smallest absolute Gasteiger partial charge is 0.00881 e. The van der Waals surface area contributed by atoms with Crippen molar-refractivity contribution in [2.75, 3.05) is 0 Å². The SMILES string of the molecule is C1=Cc2ccc(CCc3ccc4c(c3)CC=C4)cc2C1. The van der Waals surface area contributed by atoms with E-state index in [1.807, 2.05) is 0 Å². The van der Waals surface area contributed by atoms with Gasteiger partial charge in [-0.25, -0.2) is 0 Å². The molecule has 20 heavy (non-hydrogen) atoms. The Morgan fingerprint density at radius 3 is 1.65 bits per heavy atom. The van der Waals surface area contributed by atoms with Gasteiger partial charge in [0.15, 0.2) is 0 Å². The summed E-state index contributed by atoms with van der Waals surface area (Å²) in [4.78, 5) is 0. The Bertz CT molecular complexity index is 653. The molecule has 0 heteroatoms. The molecule has 0 fully saturated rings. The highest BCUT2D eigenvalue weighted by molar-refractivity contribution is 5.61. The van der Waals surface area contributed by atoms with Gasteiger partial charge >= 0.3 is 0 Å². The molecule has 0 saturated carbocycles. The molecule has 0 aromatic heterocycles. The lowest BCUT2D eigenvalue weighted by Crippen LogP contribution is -1.95. The van der Waals surface area contributed by atoms with Gasteiger partial charge in [-0.1, -0.05) is 60.7 Å². The Morgan fingerprint density at radius 1 is 0.650 bits per heavy atom. The predicted molar refractivity (Wildman–Crippen MR) is 85.8 cm³/mol. The van der Waals surface area contributed by atoms with E-state index in [9.17, 15) is 0 Å². The molecule has 2 aromatic carbocycles. The van der Waals surface area contributed by atoms with Gasteiger partial charge in [0.05, 0.1) is 0 Å². The van der Waals surface area contributed by atoms with Crippen LogP contribution < -0.4 is 0 Å². The lowest BCUT2D eigenvalue weighted by Gasteiger charge is -2.07. The Kier molecular flexibility index (Phi) is 2.81. The normalized spacial score (nSPS) is 14.6. The summed E-state index contributed by atoms with van der Waals surface area (Å²) in [6.45, 7) is 0. The number of aryl methyl sites for hydroxylation is 2. The van der Waals surface area contributed by atoms with Gasteiger partial charge in [0.1, 0.15) is 0 Å². The van der Waals surface area contributed by atoms with Crippen molar-refractivity contribution in [1.29, 1.82) is 0 Å². The Hall–Kier alpha value is -2.08. The van der Waals surface area contributed by atoms with E-state index >= 15 is 0 Å². The second-order valence-corrected chi connectivity index (χ2v) is 5.78. The van der Waals surface area contributed by atoms with Gasteiger partial charge in [-0.2, -0.15) is 0 Å². The number of hydrogen-bond acceptors (Lipinski definition) is 0. The predicted octanol–water partition coefficient (Wildman–Crippen LogP) is 4.61. The first kappa shape index (κ1) is 11.7. The Morgan fingerprint density at radius 2 is 1.15 bits per heavy atom. The lowest BCUT2D eigenvalue weighted by atomic mass is 9.98. The summed E-state index contributed by atoms with van der Waals surface area (Å²) in [6.07, 6.45) is 13.4. The quantitative estimate of drug-likeness (QED) is 0.754. The van der Waals surface area contributed by atoms with Crippen LogP contribution in [0.5, 0.6) is 0 Å². The van der Waals surface area contributed by atoms with Gasteiger partial charge in [0, 0.05) is 0 Å². The molecule has 0 nitrogen and oxygen atoms in total. The van der Waals surface area contributed by atoms with E-state index in [1.165, 1.54) is 33.4 Å². The van der Waals surface area contributed by atoms with Crippen LogP contribution in [0.4, 0.5) is 0 Å². The number of hydrogen-bond donors (Lipinski definition) is 0. The molecule has 0 aliphatic heterocycles. The first-order chi connectivity index (χ1) is 9.88. The lowest BCUT2D eigenvalue weighted by molar-refractivity contribution is 0.953. The van der Waals surface area contributed by atoms with Gasteiger partial charge < -0.3 is 0 Å². The topological polar surface area (TPSA) is 0 Å². The van der Waals surface area contributed by atoms with E-state index in [4.69, 9.17) is 0 Å². The molecule has 0 bridgehead atoms. The summed E-state index contributed by atoms with van der Waals surface area (Å²) in [5, 5.41) is 0. The molecule has 98 valence electrons. The molecular weight excluding hydrogens is 240 g/mol.